The molecule has 2 N–H and O–H groups in total. The van der Waals surface area contributed by atoms with Gasteiger partial charge in [0.05, 0.1) is 10.7 Å². The summed E-state index contributed by atoms with van der Waals surface area (Å²) in [7, 11) is 0. The van der Waals surface area contributed by atoms with Gasteiger partial charge in [-0.3, -0.25) is 0 Å². The van der Waals surface area contributed by atoms with Gasteiger partial charge >= 0.3 is 0 Å². The number of benzene rings is 1. The van der Waals surface area contributed by atoms with Crippen LogP contribution in [0.25, 0.3) is 0 Å². The number of aryl methyl sites for hydroxylation is 2. The molecule has 1 aromatic heterocycles. The van der Waals surface area contributed by atoms with Crippen molar-refractivity contribution in [2.45, 2.75) is 12.8 Å². The van der Waals surface area contributed by atoms with Crippen LogP contribution < -0.4 is 5.73 Å². The molecule has 0 aliphatic carbocycles. The fourth-order valence-electron chi connectivity index (χ4n) is 1.38. The van der Waals surface area contributed by atoms with Crippen molar-refractivity contribution in [3.8, 4) is 0 Å². The van der Waals surface area contributed by atoms with E-state index < -0.39 is 0 Å². The van der Waals surface area contributed by atoms with Crippen LogP contribution in [0.1, 0.15) is 10.6 Å². The third-order valence-electron chi connectivity index (χ3n) is 2.17. The van der Waals surface area contributed by atoms with Gasteiger partial charge in [-0.2, -0.15) is 0 Å². The molecule has 2 nitrogen and oxygen atoms in total. The van der Waals surface area contributed by atoms with Crippen molar-refractivity contribution in [3.63, 3.8) is 0 Å². The lowest BCUT2D eigenvalue weighted by Crippen LogP contribution is -1.95. The molecule has 0 bridgehead atoms. The van der Waals surface area contributed by atoms with Crippen molar-refractivity contribution in [1.29, 1.82) is 0 Å². The second kappa shape index (κ2) is 4.40. The monoisotopic (exact) mass is 222 g/mol. The highest BCUT2D eigenvalue weighted by atomic mass is 32.1. The molecular weight excluding hydrogens is 211 g/mol. The number of rotatable bonds is 3. The van der Waals surface area contributed by atoms with Crippen LogP contribution in [-0.2, 0) is 12.8 Å². The minimum Gasteiger partial charge on any atom is -0.396 e. The zero-order valence-electron chi connectivity index (χ0n) is 8.11. The molecular formula is C11H11FN2S. The van der Waals surface area contributed by atoms with Crippen LogP contribution in [-0.4, -0.2) is 4.98 Å². The lowest BCUT2D eigenvalue weighted by molar-refractivity contribution is 0.631. The SMILES string of the molecule is Nc1cc(CCc2nccs2)ccc1F. The van der Waals surface area contributed by atoms with Crippen molar-refractivity contribution in [1.82, 2.24) is 4.98 Å². The molecule has 1 aromatic carbocycles. The summed E-state index contributed by atoms with van der Waals surface area (Å²) < 4.78 is 12.9. The highest BCUT2D eigenvalue weighted by Crippen LogP contribution is 2.15. The third-order valence-corrected chi connectivity index (χ3v) is 3.01. The molecule has 0 fully saturated rings. The molecule has 15 heavy (non-hydrogen) atoms. The van der Waals surface area contributed by atoms with Crippen LogP contribution in [0.3, 0.4) is 0 Å². The Bertz CT molecular complexity index is 440. The summed E-state index contributed by atoms with van der Waals surface area (Å²) >= 11 is 1.63. The Balaban J connectivity index is 2.02. The van der Waals surface area contributed by atoms with Gasteiger partial charge in [0.25, 0.3) is 0 Å². The van der Waals surface area contributed by atoms with E-state index in [0.29, 0.717) is 0 Å². The average molecular weight is 222 g/mol. The minimum atomic E-state index is -0.354. The first kappa shape index (κ1) is 10.1. The van der Waals surface area contributed by atoms with Crippen molar-refractivity contribution in [2.75, 3.05) is 5.73 Å². The Morgan fingerprint density at radius 1 is 1.33 bits per heavy atom. The summed E-state index contributed by atoms with van der Waals surface area (Å²) in [6.07, 6.45) is 3.51. The normalized spacial score (nSPS) is 10.5. The highest BCUT2D eigenvalue weighted by molar-refractivity contribution is 7.09. The summed E-state index contributed by atoms with van der Waals surface area (Å²) in [5.41, 5.74) is 6.74. The molecule has 0 saturated heterocycles. The van der Waals surface area contributed by atoms with E-state index >= 15 is 0 Å². The second-order valence-corrected chi connectivity index (χ2v) is 4.26. The summed E-state index contributed by atoms with van der Waals surface area (Å²) in [5.74, 6) is -0.354. The van der Waals surface area contributed by atoms with Gasteiger partial charge in [-0.1, -0.05) is 6.07 Å². The van der Waals surface area contributed by atoms with Gasteiger partial charge in [-0.05, 0) is 24.1 Å². The molecule has 2 rings (SSSR count). The number of anilines is 1. The lowest BCUT2D eigenvalue weighted by atomic mass is 10.1. The van der Waals surface area contributed by atoms with Gasteiger partial charge in [-0.25, -0.2) is 9.37 Å². The highest BCUT2D eigenvalue weighted by Gasteiger charge is 2.01. The molecule has 0 spiro atoms. The molecule has 4 heteroatoms. The largest absolute Gasteiger partial charge is 0.396 e. The summed E-state index contributed by atoms with van der Waals surface area (Å²) in [6, 6.07) is 4.86. The maximum absolute atomic E-state index is 12.9. The lowest BCUT2D eigenvalue weighted by Gasteiger charge is -2.01. The predicted octanol–water partition coefficient (Wildman–Crippen LogP) is 2.65. The van der Waals surface area contributed by atoms with E-state index in [1.54, 1.807) is 29.7 Å². The molecule has 0 atom stereocenters. The first-order chi connectivity index (χ1) is 7.25. The number of hydrogen-bond donors (Lipinski definition) is 1. The van der Waals surface area contributed by atoms with Crippen LogP contribution in [0.15, 0.2) is 29.8 Å². The second-order valence-electron chi connectivity index (χ2n) is 3.28. The van der Waals surface area contributed by atoms with Crippen molar-refractivity contribution in [3.05, 3.63) is 46.2 Å². The maximum Gasteiger partial charge on any atom is 0.146 e. The Kier molecular flexibility index (Phi) is 2.97. The molecule has 78 valence electrons. The van der Waals surface area contributed by atoms with Crippen LogP contribution in [0.4, 0.5) is 10.1 Å². The van der Waals surface area contributed by atoms with E-state index in [9.17, 15) is 4.39 Å². The number of halogens is 1. The number of thiazole rings is 1. The number of nitrogens with zero attached hydrogens (tertiary/aromatic N) is 1. The van der Waals surface area contributed by atoms with Crippen molar-refractivity contribution < 1.29 is 4.39 Å². The number of aromatic nitrogens is 1. The number of hydrogen-bond acceptors (Lipinski definition) is 3. The standard InChI is InChI=1S/C11H11FN2S/c12-9-3-1-8(7-10(9)13)2-4-11-14-5-6-15-11/h1,3,5-7H,2,4,13H2. The smallest absolute Gasteiger partial charge is 0.146 e. The van der Waals surface area contributed by atoms with Crippen LogP contribution in [0.5, 0.6) is 0 Å². The Morgan fingerprint density at radius 3 is 2.87 bits per heavy atom. The van der Waals surface area contributed by atoms with Gasteiger partial charge < -0.3 is 5.73 Å². The number of nitrogen functional groups attached to an aromatic ring is 1. The maximum atomic E-state index is 12.9. The molecule has 0 aliphatic heterocycles. The Labute approximate surface area is 91.6 Å². The van der Waals surface area contributed by atoms with Crippen LogP contribution in [0, 0.1) is 5.82 Å². The molecule has 0 aliphatic rings. The van der Waals surface area contributed by atoms with Crippen molar-refractivity contribution in [2.24, 2.45) is 0 Å². The summed E-state index contributed by atoms with van der Waals surface area (Å²) in [6.45, 7) is 0. The molecule has 1 heterocycles. The first-order valence-electron chi connectivity index (χ1n) is 4.68. The third kappa shape index (κ3) is 2.53. The zero-order valence-corrected chi connectivity index (χ0v) is 8.93. The molecule has 0 unspecified atom stereocenters. The van der Waals surface area contributed by atoms with E-state index in [4.69, 9.17) is 5.73 Å². The van der Waals surface area contributed by atoms with Crippen LogP contribution >= 0.6 is 11.3 Å². The van der Waals surface area contributed by atoms with E-state index in [1.807, 2.05) is 5.38 Å². The van der Waals surface area contributed by atoms with Gasteiger partial charge in [0.1, 0.15) is 5.82 Å². The summed E-state index contributed by atoms with van der Waals surface area (Å²) in [5, 5.41) is 3.05. The first-order valence-corrected chi connectivity index (χ1v) is 5.56. The molecule has 0 amide bonds. The zero-order chi connectivity index (χ0) is 10.7. The van der Waals surface area contributed by atoms with Crippen LogP contribution in [0.2, 0.25) is 0 Å². The molecule has 0 saturated carbocycles. The van der Waals surface area contributed by atoms with E-state index in [1.165, 1.54) is 6.07 Å². The van der Waals surface area contributed by atoms with Gasteiger partial charge in [0.2, 0.25) is 0 Å². The molecule has 2 aromatic rings. The van der Waals surface area contributed by atoms with Gasteiger partial charge in [-0.15, -0.1) is 11.3 Å². The van der Waals surface area contributed by atoms with Crippen molar-refractivity contribution >= 4 is 17.0 Å². The minimum absolute atomic E-state index is 0.214. The number of nitrogens with two attached hydrogens (primary N) is 1. The van der Waals surface area contributed by atoms with E-state index in [2.05, 4.69) is 4.98 Å². The average Bonchev–Trinajstić information content (AvgIpc) is 2.73. The van der Waals surface area contributed by atoms with E-state index in [0.717, 1.165) is 23.4 Å². The Hall–Kier alpha value is -1.42. The quantitative estimate of drug-likeness (QED) is 0.811. The van der Waals surface area contributed by atoms with E-state index in [-0.39, 0.29) is 11.5 Å². The fourth-order valence-corrected chi connectivity index (χ4v) is 2.00. The van der Waals surface area contributed by atoms with Gasteiger partial charge in [0.15, 0.2) is 0 Å². The summed E-state index contributed by atoms with van der Waals surface area (Å²) in [4.78, 5) is 4.18. The fraction of sp³-hybridized carbons (Fsp3) is 0.182. The topological polar surface area (TPSA) is 38.9 Å². The Morgan fingerprint density at radius 2 is 2.20 bits per heavy atom. The van der Waals surface area contributed by atoms with Gasteiger partial charge in [0, 0.05) is 18.0 Å². The predicted molar refractivity (Wildman–Crippen MR) is 60.3 cm³/mol. The molecule has 0 radical (unpaired) electrons.